The second-order valence-electron chi connectivity index (χ2n) is 4.51. The van der Waals surface area contributed by atoms with Crippen LogP contribution in [0.4, 0.5) is 5.13 Å². The van der Waals surface area contributed by atoms with Crippen LogP contribution in [0.3, 0.4) is 0 Å². The van der Waals surface area contributed by atoms with Gasteiger partial charge < -0.3 is 0 Å². The van der Waals surface area contributed by atoms with E-state index in [1.165, 1.54) is 11.3 Å². The minimum atomic E-state index is 0.637. The first-order valence-electron chi connectivity index (χ1n) is 6.65. The van der Waals surface area contributed by atoms with Crippen LogP contribution in [0.15, 0.2) is 65.1 Å². The van der Waals surface area contributed by atoms with Gasteiger partial charge in [-0.15, -0.1) is 11.3 Å². The molecule has 106 valence electrons. The molecule has 1 aromatic heterocycles. The third kappa shape index (κ3) is 3.37. The van der Waals surface area contributed by atoms with Gasteiger partial charge in [0.25, 0.3) is 0 Å². The fourth-order valence-electron chi connectivity index (χ4n) is 1.87. The minimum Gasteiger partial charge on any atom is -0.253 e. The van der Waals surface area contributed by atoms with Gasteiger partial charge in [0.05, 0.1) is 23.5 Å². The second-order valence-corrected chi connectivity index (χ2v) is 5.37. The predicted molar refractivity (Wildman–Crippen MR) is 89.9 cm³/mol. The van der Waals surface area contributed by atoms with E-state index < -0.39 is 0 Å². The molecule has 0 fully saturated rings. The molecular weight excluding hydrogens is 292 g/mol. The fourth-order valence-corrected chi connectivity index (χ4v) is 2.54. The summed E-state index contributed by atoms with van der Waals surface area (Å²) in [5.41, 5.74) is 6.50. The average Bonchev–Trinajstić information content (AvgIpc) is 3.05. The van der Waals surface area contributed by atoms with Crippen LogP contribution in [0.1, 0.15) is 11.1 Å². The first-order valence-corrected chi connectivity index (χ1v) is 7.53. The van der Waals surface area contributed by atoms with Gasteiger partial charge >= 0.3 is 0 Å². The highest BCUT2D eigenvalue weighted by atomic mass is 32.1. The van der Waals surface area contributed by atoms with E-state index in [1.54, 1.807) is 18.3 Å². The molecule has 0 aliphatic carbocycles. The zero-order valence-corrected chi connectivity index (χ0v) is 12.4. The predicted octanol–water partition coefficient (Wildman–Crippen LogP) is 4.13. The van der Waals surface area contributed by atoms with Crippen LogP contribution in [-0.2, 0) is 0 Å². The molecule has 1 heterocycles. The standard InChI is InChI=1S/C17H12N4S/c18-10-13-6-8-14(9-7-13)11-19-21-17-20-16(12-22-17)15-4-2-1-3-5-15/h1-9,11-12H,(H,20,21). The molecule has 0 atom stereocenters. The van der Waals surface area contributed by atoms with Crippen LogP contribution in [0, 0.1) is 11.3 Å². The number of rotatable bonds is 4. The normalized spacial score (nSPS) is 10.5. The summed E-state index contributed by atoms with van der Waals surface area (Å²) in [4.78, 5) is 4.49. The van der Waals surface area contributed by atoms with Gasteiger partial charge in [-0.1, -0.05) is 42.5 Å². The van der Waals surface area contributed by atoms with Crippen molar-refractivity contribution in [2.24, 2.45) is 5.10 Å². The van der Waals surface area contributed by atoms with Crippen molar-refractivity contribution in [2.45, 2.75) is 0 Å². The molecular formula is C17H12N4S. The number of anilines is 1. The number of nitriles is 1. The summed E-state index contributed by atoms with van der Waals surface area (Å²) in [7, 11) is 0. The highest BCUT2D eigenvalue weighted by Crippen LogP contribution is 2.24. The van der Waals surface area contributed by atoms with E-state index in [0.717, 1.165) is 22.0 Å². The molecule has 0 saturated heterocycles. The Balaban J connectivity index is 1.65. The molecule has 3 aromatic rings. The molecule has 3 rings (SSSR count). The van der Waals surface area contributed by atoms with Crippen LogP contribution >= 0.6 is 11.3 Å². The lowest BCUT2D eigenvalue weighted by atomic mass is 10.2. The van der Waals surface area contributed by atoms with Gasteiger partial charge in [0.2, 0.25) is 5.13 Å². The van der Waals surface area contributed by atoms with Crippen LogP contribution in [0.2, 0.25) is 0 Å². The summed E-state index contributed by atoms with van der Waals surface area (Å²) in [5, 5.41) is 15.6. The van der Waals surface area contributed by atoms with Crippen molar-refractivity contribution in [3.8, 4) is 17.3 Å². The lowest BCUT2D eigenvalue weighted by molar-refractivity contribution is 1.29. The maximum absolute atomic E-state index is 8.75. The van der Waals surface area contributed by atoms with Gasteiger partial charge in [0.15, 0.2) is 0 Å². The van der Waals surface area contributed by atoms with Crippen molar-refractivity contribution in [2.75, 3.05) is 5.43 Å². The van der Waals surface area contributed by atoms with E-state index in [2.05, 4.69) is 21.6 Å². The maximum Gasteiger partial charge on any atom is 0.203 e. The van der Waals surface area contributed by atoms with Gasteiger partial charge in [-0.25, -0.2) is 4.98 Å². The molecule has 5 heteroatoms. The zero-order valence-electron chi connectivity index (χ0n) is 11.6. The summed E-state index contributed by atoms with van der Waals surface area (Å²) in [6.07, 6.45) is 1.70. The smallest absolute Gasteiger partial charge is 0.203 e. The number of nitrogens with zero attached hydrogens (tertiary/aromatic N) is 3. The van der Waals surface area contributed by atoms with Gasteiger partial charge in [0, 0.05) is 10.9 Å². The van der Waals surface area contributed by atoms with Crippen LogP contribution in [-0.4, -0.2) is 11.2 Å². The Morgan fingerprint density at radius 2 is 1.86 bits per heavy atom. The maximum atomic E-state index is 8.75. The molecule has 22 heavy (non-hydrogen) atoms. The Morgan fingerprint density at radius 1 is 1.09 bits per heavy atom. The lowest BCUT2D eigenvalue weighted by Crippen LogP contribution is -1.90. The second kappa shape index (κ2) is 6.66. The monoisotopic (exact) mass is 304 g/mol. The van der Waals surface area contributed by atoms with Crippen LogP contribution in [0.5, 0.6) is 0 Å². The third-order valence-electron chi connectivity index (χ3n) is 2.99. The Bertz CT molecular complexity index is 814. The van der Waals surface area contributed by atoms with Crippen molar-refractivity contribution in [1.82, 2.24) is 4.98 Å². The van der Waals surface area contributed by atoms with Crippen molar-refractivity contribution in [1.29, 1.82) is 5.26 Å². The summed E-state index contributed by atoms with van der Waals surface area (Å²) >= 11 is 1.51. The van der Waals surface area contributed by atoms with Gasteiger partial charge in [0.1, 0.15) is 0 Å². The summed E-state index contributed by atoms with van der Waals surface area (Å²) in [6.45, 7) is 0. The van der Waals surface area contributed by atoms with Crippen LogP contribution in [0.25, 0.3) is 11.3 Å². The summed E-state index contributed by atoms with van der Waals surface area (Å²) in [5.74, 6) is 0. The average molecular weight is 304 g/mol. The number of benzene rings is 2. The van der Waals surface area contributed by atoms with E-state index >= 15 is 0 Å². The Kier molecular flexibility index (Phi) is 4.23. The largest absolute Gasteiger partial charge is 0.253 e. The summed E-state index contributed by atoms with van der Waals surface area (Å²) < 4.78 is 0. The zero-order chi connectivity index (χ0) is 15.2. The van der Waals surface area contributed by atoms with Gasteiger partial charge in [-0.3, -0.25) is 5.43 Å². The highest BCUT2D eigenvalue weighted by molar-refractivity contribution is 7.14. The molecule has 0 bridgehead atoms. The van der Waals surface area contributed by atoms with Crippen molar-refractivity contribution in [3.63, 3.8) is 0 Å². The quantitative estimate of drug-likeness (QED) is 0.582. The van der Waals surface area contributed by atoms with Crippen molar-refractivity contribution in [3.05, 3.63) is 71.1 Å². The molecule has 1 N–H and O–H groups in total. The molecule has 4 nitrogen and oxygen atoms in total. The van der Waals surface area contributed by atoms with Crippen molar-refractivity contribution >= 4 is 22.7 Å². The number of hydrogen-bond acceptors (Lipinski definition) is 5. The highest BCUT2D eigenvalue weighted by Gasteiger charge is 2.02. The van der Waals surface area contributed by atoms with E-state index in [4.69, 9.17) is 5.26 Å². The van der Waals surface area contributed by atoms with E-state index in [0.29, 0.717) is 5.56 Å². The Hall–Kier alpha value is -2.97. The fraction of sp³-hybridized carbons (Fsp3) is 0. The number of hydrogen-bond donors (Lipinski definition) is 1. The lowest BCUT2D eigenvalue weighted by Gasteiger charge is -1.96. The number of nitrogens with one attached hydrogen (secondary N) is 1. The first-order chi connectivity index (χ1) is 10.8. The number of hydrazone groups is 1. The van der Waals surface area contributed by atoms with Crippen molar-refractivity contribution < 1.29 is 0 Å². The topological polar surface area (TPSA) is 61.1 Å². The minimum absolute atomic E-state index is 0.637. The molecule has 0 amide bonds. The Morgan fingerprint density at radius 3 is 2.59 bits per heavy atom. The first kappa shape index (κ1) is 14.0. The molecule has 0 spiro atoms. The number of aromatic nitrogens is 1. The van der Waals surface area contributed by atoms with Gasteiger partial charge in [-0.2, -0.15) is 10.4 Å². The molecule has 0 aliphatic heterocycles. The van der Waals surface area contributed by atoms with E-state index in [-0.39, 0.29) is 0 Å². The molecule has 0 aliphatic rings. The Labute approximate surface area is 132 Å². The summed E-state index contributed by atoms with van der Waals surface area (Å²) in [6, 6.07) is 19.3. The molecule has 2 aromatic carbocycles. The van der Waals surface area contributed by atoms with Gasteiger partial charge in [-0.05, 0) is 17.7 Å². The van der Waals surface area contributed by atoms with Crippen LogP contribution < -0.4 is 5.43 Å². The number of thiazole rings is 1. The van der Waals surface area contributed by atoms with E-state index in [1.807, 2.05) is 47.8 Å². The molecule has 0 radical (unpaired) electrons. The van der Waals surface area contributed by atoms with E-state index in [9.17, 15) is 0 Å². The SMILES string of the molecule is N#Cc1ccc(C=NNc2nc(-c3ccccc3)cs2)cc1. The molecule has 0 saturated carbocycles. The molecule has 0 unspecified atom stereocenters. The third-order valence-corrected chi connectivity index (χ3v) is 3.73.